The van der Waals surface area contributed by atoms with Crippen LogP contribution in [0.15, 0.2) is 72.8 Å². The molecule has 0 atom stereocenters. The first kappa shape index (κ1) is 22.8. The lowest BCUT2D eigenvalue weighted by Crippen LogP contribution is -2.11. The Kier molecular flexibility index (Phi) is 6.93. The maximum atomic E-state index is 12.7. The summed E-state index contributed by atoms with van der Waals surface area (Å²) in [5, 5.41) is 2.18. The third-order valence-electron chi connectivity index (χ3n) is 6.44. The van der Waals surface area contributed by atoms with Crippen molar-refractivity contribution in [2.45, 2.75) is 52.1 Å². The highest BCUT2D eigenvalue weighted by molar-refractivity contribution is 5.96. The number of carbonyl (C=O) groups excluding carboxylic acids is 2. The van der Waals surface area contributed by atoms with Crippen LogP contribution in [0.1, 0.15) is 66.9 Å². The molecule has 4 rings (SSSR count). The van der Waals surface area contributed by atoms with Gasteiger partial charge in [-0.05, 0) is 77.8 Å². The minimum absolute atomic E-state index is 0.145. The number of rotatable bonds is 6. The van der Waals surface area contributed by atoms with Crippen LogP contribution in [-0.4, -0.2) is 11.9 Å². The Morgan fingerprint density at radius 2 is 1.58 bits per heavy atom. The minimum atomic E-state index is -0.428. The smallest absolute Gasteiger partial charge is 0.343 e. The number of benzene rings is 3. The van der Waals surface area contributed by atoms with Crippen molar-refractivity contribution in [3.63, 3.8) is 0 Å². The Bertz CT molecular complexity index is 1170. The molecule has 1 fully saturated rings. The van der Waals surface area contributed by atoms with Crippen LogP contribution in [0.25, 0.3) is 10.8 Å². The summed E-state index contributed by atoms with van der Waals surface area (Å²) < 4.78 is 10.7. The Morgan fingerprint density at radius 1 is 0.909 bits per heavy atom. The quantitative estimate of drug-likeness (QED) is 0.235. The Labute approximate surface area is 195 Å². The van der Waals surface area contributed by atoms with Gasteiger partial charge in [-0.25, -0.2) is 9.59 Å². The molecule has 3 aromatic carbocycles. The van der Waals surface area contributed by atoms with Crippen molar-refractivity contribution < 1.29 is 19.1 Å². The van der Waals surface area contributed by atoms with Gasteiger partial charge in [0.15, 0.2) is 0 Å². The van der Waals surface area contributed by atoms with Gasteiger partial charge in [0.25, 0.3) is 0 Å². The van der Waals surface area contributed by atoms with E-state index in [0.717, 1.165) is 22.3 Å². The number of ether oxygens (including phenoxy) is 2. The zero-order valence-corrected chi connectivity index (χ0v) is 19.3. The normalized spacial score (nSPS) is 18.0. The summed E-state index contributed by atoms with van der Waals surface area (Å²) in [5.41, 5.74) is 3.08. The van der Waals surface area contributed by atoms with Crippen LogP contribution in [0, 0.1) is 5.92 Å². The summed E-state index contributed by atoms with van der Waals surface area (Å²) in [4.78, 5) is 24.2. The van der Waals surface area contributed by atoms with Crippen LogP contribution in [0.2, 0.25) is 0 Å². The summed E-state index contributed by atoms with van der Waals surface area (Å²) in [7, 11) is 0. The number of hydrogen-bond donors (Lipinski definition) is 0. The van der Waals surface area contributed by atoms with Crippen molar-refractivity contribution in [3.05, 3.63) is 89.5 Å². The van der Waals surface area contributed by atoms with Crippen LogP contribution in [0.3, 0.4) is 0 Å². The summed E-state index contributed by atoms with van der Waals surface area (Å²) in [6, 6.07) is 19.2. The molecule has 1 aliphatic carbocycles. The molecule has 0 unspecified atom stereocenters. The summed E-state index contributed by atoms with van der Waals surface area (Å²) in [6.45, 7) is 7.65. The van der Waals surface area contributed by atoms with Gasteiger partial charge in [-0.15, -0.1) is 0 Å². The number of hydrogen-bond acceptors (Lipinski definition) is 4. The fraction of sp³-hybridized carbons (Fsp3) is 0.310. The molecule has 4 nitrogen and oxygen atoms in total. The van der Waals surface area contributed by atoms with Gasteiger partial charge in [0.1, 0.15) is 12.4 Å². The maximum Gasteiger partial charge on any atom is 0.343 e. The lowest BCUT2D eigenvalue weighted by Gasteiger charge is -2.26. The molecule has 1 aliphatic rings. The van der Waals surface area contributed by atoms with Crippen LogP contribution < -0.4 is 4.74 Å². The standard InChI is InChI=1S/C29H30O4/c1-19(2)28(30)32-18-21-6-14-27(15-7-21)33-29(31)26-13-12-24-16-23(10-11-25(24)17-26)22-8-4-20(3)5-9-22/h6-7,10-17,20,22H,1,4-5,8-9,18H2,2-3H3. The average molecular weight is 443 g/mol. The van der Waals surface area contributed by atoms with E-state index < -0.39 is 11.9 Å². The van der Waals surface area contributed by atoms with Gasteiger partial charge in [0.2, 0.25) is 0 Å². The van der Waals surface area contributed by atoms with Gasteiger partial charge in [0.05, 0.1) is 5.56 Å². The predicted octanol–water partition coefficient (Wildman–Crippen LogP) is 6.97. The van der Waals surface area contributed by atoms with Gasteiger partial charge >= 0.3 is 11.9 Å². The van der Waals surface area contributed by atoms with Crippen LogP contribution in [-0.2, 0) is 16.1 Å². The molecule has 0 N–H and O–H groups in total. The van der Waals surface area contributed by atoms with E-state index >= 15 is 0 Å². The van der Waals surface area contributed by atoms with E-state index in [4.69, 9.17) is 9.47 Å². The number of carbonyl (C=O) groups is 2. The molecule has 170 valence electrons. The highest BCUT2D eigenvalue weighted by Crippen LogP contribution is 2.36. The zero-order valence-electron chi connectivity index (χ0n) is 19.3. The van der Waals surface area contributed by atoms with Gasteiger partial charge in [-0.1, -0.05) is 62.7 Å². The predicted molar refractivity (Wildman–Crippen MR) is 130 cm³/mol. The molecule has 3 aromatic rings. The molecular formula is C29H30O4. The molecule has 0 saturated heterocycles. The van der Waals surface area contributed by atoms with Crippen LogP contribution >= 0.6 is 0 Å². The van der Waals surface area contributed by atoms with Gasteiger partial charge in [-0.3, -0.25) is 0 Å². The summed E-state index contributed by atoms with van der Waals surface area (Å²) in [5.74, 6) is 1.09. The third kappa shape index (κ3) is 5.70. The second-order valence-corrected chi connectivity index (χ2v) is 9.17. The largest absolute Gasteiger partial charge is 0.457 e. The SMILES string of the molecule is C=C(C)C(=O)OCc1ccc(OC(=O)c2ccc3cc(C4CCC(C)CC4)ccc3c2)cc1. The zero-order chi connectivity index (χ0) is 23.4. The highest BCUT2D eigenvalue weighted by Gasteiger charge is 2.20. The second kappa shape index (κ2) is 10.0. The molecule has 1 saturated carbocycles. The average Bonchev–Trinajstić information content (AvgIpc) is 2.83. The molecular weight excluding hydrogens is 412 g/mol. The Hall–Kier alpha value is -3.40. The number of fused-ring (bicyclic) bond motifs is 1. The molecule has 0 heterocycles. The van der Waals surface area contributed by atoms with Crippen molar-refractivity contribution in [3.8, 4) is 5.75 Å². The first-order valence-electron chi connectivity index (χ1n) is 11.6. The van der Waals surface area contributed by atoms with Crippen molar-refractivity contribution in [1.82, 2.24) is 0 Å². The van der Waals surface area contributed by atoms with E-state index in [1.54, 1.807) is 31.2 Å². The van der Waals surface area contributed by atoms with E-state index in [2.05, 4.69) is 31.7 Å². The maximum absolute atomic E-state index is 12.7. The molecule has 4 heteroatoms. The fourth-order valence-electron chi connectivity index (χ4n) is 4.33. The van der Waals surface area contributed by atoms with E-state index in [1.807, 2.05) is 18.2 Å². The fourth-order valence-corrected chi connectivity index (χ4v) is 4.33. The molecule has 0 bridgehead atoms. The molecule has 0 aromatic heterocycles. The van der Waals surface area contributed by atoms with Gasteiger partial charge in [0, 0.05) is 5.57 Å². The lowest BCUT2D eigenvalue weighted by atomic mass is 9.79. The van der Waals surface area contributed by atoms with Crippen LogP contribution in [0.4, 0.5) is 0 Å². The Balaban J connectivity index is 1.40. The molecule has 0 spiro atoms. The first-order chi connectivity index (χ1) is 15.9. The van der Waals surface area contributed by atoms with E-state index in [-0.39, 0.29) is 6.61 Å². The van der Waals surface area contributed by atoms with Crippen molar-refractivity contribution in [1.29, 1.82) is 0 Å². The van der Waals surface area contributed by atoms with Crippen molar-refractivity contribution in [2.75, 3.05) is 0 Å². The van der Waals surface area contributed by atoms with E-state index in [1.165, 1.54) is 31.2 Å². The molecule has 0 aliphatic heterocycles. The van der Waals surface area contributed by atoms with Crippen molar-refractivity contribution in [2.24, 2.45) is 5.92 Å². The topological polar surface area (TPSA) is 52.6 Å². The summed E-state index contributed by atoms with van der Waals surface area (Å²) in [6.07, 6.45) is 5.11. The van der Waals surface area contributed by atoms with E-state index in [9.17, 15) is 9.59 Å². The van der Waals surface area contributed by atoms with Crippen molar-refractivity contribution >= 4 is 22.7 Å². The Morgan fingerprint density at radius 3 is 2.27 bits per heavy atom. The molecule has 0 radical (unpaired) electrons. The third-order valence-corrected chi connectivity index (χ3v) is 6.44. The minimum Gasteiger partial charge on any atom is -0.457 e. The monoisotopic (exact) mass is 442 g/mol. The highest BCUT2D eigenvalue weighted by atomic mass is 16.5. The van der Waals surface area contributed by atoms with E-state index in [0.29, 0.717) is 22.8 Å². The second-order valence-electron chi connectivity index (χ2n) is 9.17. The van der Waals surface area contributed by atoms with Gasteiger partial charge < -0.3 is 9.47 Å². The first-order valence-corrected chi connectivity index (χ1v) is 11.6. The number of esters is 2. The van der Waals surface area contributed by atoms with Crippen LogP contribution in [0.5, 0.6) is 5.75 Å². The molecule has 0 amide bonds. The summed E-state index contributed by atoms with van der Waals surface area (Å²) >= 11 is 0. The lowest BCUT2D eigenvalue weighted by molar-refractivity contribution is -0.140. The molecule has 33 heavy (non-hydrogen) atoms. The van der Waals surface area contributed by atoms with Gasteiger partial charge in [-0.2, -0.15) is 0 Å².